The van der Waals surface area contributed by atoms with Gasteiger partial charge in [0, 0.05) is 5.69 Å². The minimum Gasteiger partial charge on any atom is -0.503 e. The second-order valence-electron chi connectivity index (χ2n) is 3.68. The molecule has 80 valence electrons. The summed E-state index contributed by atoms with van der Waals surface area (Å²) in [5, 5.41) is 11.3. The second-order valence-corrected chi connectivity index (χ2v) is 3.68. The van der Waals surface area contributed by atoms with Crippen LogP contribution in [0.5, 0.6) is 0 Å². The number of aliphatic hydroxyl groups excluding tert-OH is 1. The van der Waals surface area contributed by atoms with E-state index < -0.39 is 11.7 Å². The first-order chi connectivity index (χ1) is 7.00. The van der Waals surface area contributed by atoms with Crippen molar-refractivity contribution in [1.82, 2.24) is 0 Å². The average molecular weight is 205 g/mol. The van der Waals surface area contributed by atoms with E-state index in [4.69, 9.17) is 5.11 Å². The maximum absolute atomic E-state index is 11.1. The summed E-state index contributed by atoms with van der Waals surface area (Å²) in [5.74, 6) is -0.599. The van der Waals surface area contributed by atoms with Crippen LogP contribution < -0.4 is 5.32 Å². The van der Waals surface area contributed by atoms with Crippen molar-refractivity contribution in [2.24, 2.45) is 0 Å². The van der Waals surface area contributed by atoms with Crippen LogP contribution in [-0.4, -0.2) is 11.0 Å². The summed E-state index contributed by atoms with van der Waals surface area (Å²) in [6, 6.07) is 7.49. The van der Waals surface area contributed by atoms with Gasteiger partial charge in [0.2, 0.25) is 0 Å². The SMILES string of the molecule is C=C(O)C(=O)Nc1ccc(C(C)C)cc1. The number of carbonyl (C=O) groups excluding carboxylic acids is 1. The van der Waals surface area contributed by atoms with E-state index in [9.17, 15) is 4.79 Å². The molecule has 0 aliphatic heterocycles. The Balaban J connectivity index is 2.73. The summed E-state index contributed by atoms with van der Waals surface area (Å²) in [6.45, 7) is 7.34. The zero-order valence-corrected chi connectivity index (χ0v) is 8.95. The number of rotatable bonds is 3. The number of anilines is 1. The Labute approximate surface area is 89.4 Å². The van der Waals surface area contributed by atoms with Gasteiger partial charge in [0.25, 0.3) is 5.91 Å². The van der Waals surface area contributed by atoms with Crippen LogP contribution in [0, 0.1) is 0 Å². The second kappa shape index (κ2) is 4.64. The van der Waals surface area contributed by atoms with Crippen molar-refractivity contribution in [2.75, 3.05) is 5.32 Å². The molecule has 0 radical (unpaired) electrons. The lowest BCUT2D eigenvalue weighted by atomic mass is 10.0. The molecule has 0 saturated heterocycles. The summed E-state index contributed by atoms with van der Waals surface area (Å²) >= 11 is 0. The van der Waals surface area contributed by atoms with Crippen molar-refractivity contribution >= 4 is 11.6 Å². The first-order valence-corrected chi connectivity index (χ1v) is 4.80. The summed E-state index contributed by atoms with van der Waals surface area (Å²) in [6.07, 6.45) is 0. The summed E-state index contributed by atoms with van der Waals surface area (Å²) in [7, 11) is 0. The third kappa shape index (κ3) is 3.13. The minimum absolute atomic E-state index is 0.461. The van der Waals surface area contributed by atoms with Crippen LogP contribution in [0.1, 0.15) is 25.3 Å². The number of hydrogen-bond acceptors (Lipinski definition) is 2. The molecule has 0 unspecified atom stereocenters. The third-order valence-corrected chi connectivity index (χ3v) is 2.10. The Bertz CT molecular complexity index is 366. The van der Waals surface area contributed by atoms with Gasteiger partial charge in [-0.25, -0.2) is 0 Å². The van der Waals surface area contributed by atoms with Gasteiger partial charge in [0.1, 0.15) is 0 Å². The largest absolute Gasteiger partial charge is 0.503 e. The van der Waals surface area contributed by atoms with Crippen LogP contribution >= 0.6 is 0 Å². The van der Waals surface area contributed by atoms with Crippen molar-refractivity contribution < 1.29 is 9.90 Å². The Morgan fingerprint density at radius 2 is 1.87 bits per heavy atom. The average Bonchev–Trinajstić information content (AvgIpc) is 2.18. The highest BCUT2D eigenvalue weighted by Crippen LogP contribution is 2.17. The molecular weight excluding hydrogens is 190 g/mol. The maximum atomic E-state index is 11.1. The van der Waals surface area contributed by atoms with Gasteiger partial charge < -0.3 is 10.4 Å². The monoisotopic (exact) mass is 205 g/mol. The third-order valence-electron chi connectivity index (χ3n) is 2.10. The van der Waals surface area contributed by atoms with Crippen molar-refractivity contribution in [3.05, 3.63) is 42.2 Å². The molecule has 0 fully saturated rings. The van der Waals surface area contributed by atoms with E-state index in [1.54, 1.807) is 12.1 Å². The Kier molecular flexibility index (Phi) is 3.50. The Hall–Kier alpha value is -1.77. The normalized spacial score (nSPS) is 10.1. The predicted octanol–water partition coefficient (Wildman–Crippen LogP) is 2.82. The highest BCUT2D eigenvalue weighted by Gasteiger charge is 2.05. The molecule has 0 aliphatic carbocycles. The summed E-state index contributed by atoms with van der Waals surface area (Å²) in [5.41, 5.74) is 1.86. The molecule has 1 amide bonds. The fourth-order valence-corrected chi connectivity index (χ4v) is 1.15. The molecule has 3 heteroatoms. The van der Waals surface area contributed by atoms with Crippen molar-refractivity contribution in [2.45, 2.75) is 19.8 Å². The summed E-state index contributed by atoms with van der Waals surface area (Å²) in [4.78, 5) is 11.1. The van der Waals surface area contributed by atoms with Gasteiger partial charge in [-0.05, 0) is 23.6 Å². The molecule has 1 aromatic rings. The number of nitrogens with one attached hydrogen (secondary N) is 1. The van der Waals surface area contributed by atoms with Crippen LogP contribution in [0.2, 0.25) is 0 Å². The standard InChI is InChI=1S/C12H15NO2/c1-8(2)10-4-6-11(7-5-10)13-12(15)9(3)14/h4-8,14H,3H2,1-2H3,(H,13,15). The van der Waals surface area contributed by atoms with Crippen LogP contribution in [0.15, 0.2) is 36.6 Å². The van der Waals surface area contributed by atoms with Gasteiger partial charge in [-0.15, -0.1) is 0 Å². The fourth-order valence-electron chi connectivity index (χ4n) is 1.15. The lowest BCUT2D eigenvalue weighted by Gasteiger charge is -2.07. The molecule has 1 aromatic carbocycles. The molecule has 0 aliphatic rings. The first kappa shape index (κ1) is 11.3. The van der Waals surface area contributed by atoms with Crippen LogP contribution in [0.25, 0.3) is 0 Å². The van der Waals surface area contributed by atoms with Crippen LogP contribution in [0.3, 0.4) is 0 Å². The lowest BCUT2D eigenvalue weighted by Crippen LogP contribution is -2.13. The molecule has 3 nitrogen and oxygen atoms in total. The van der Waals surface area contributed by atoms with E-state index in [-0.39, 0.29) is 0 Å². The van der Waals surface area contributed by atoms with Crippen molar-refractivity contribution in [3.63, 3.8) is 0 Å². The molecule has 0 saturated carbocycles. The van der Waals surface area contributed by atoms with Gasteiger partial charge in [0.15, 0.2) is 5.76 Å². The zero-order valence-electron chi connectivity index (χ0n) is 8.95. The number of aliphatic hydroxyl groups is 1. The Morgan fingerprint density at radius 1 is 1.33 bits per heavy atom. The van der Waals surface area contributed by atoms with E-state index in [0.717, 1.165) is 0 Å². The number of benzene rings is 1. The minimum atomic E-state index is -0.577. The van der Waals surface area contributed by atoms with Gasteiger partial charge in [-0.2, -0.15) is 0 Å². The summed E-state index contributed by atoms with van der Waals surface area (Å²) < 4.78 is 0. The molecule has 1 rings (SSSR count). The number of amides is 1. The molecule has 0 atom stereocenters. The molecular formula is C12H15NO2. The molecule has 2 N–H and O–H groups in total. The highest BCUT2D eigenvalue weighted by molar-refractivity contribution is 6.01. The predicted molar refractivity (Wildman–Crippen MR) is 60.9 cm³/mol. The van der Waals surface area contributed by atoms with Gasteiger partial charge in [0.05, 0.1) is 0 Å². The smallest absolute Gasteiger partial charge is 0.289 e. The van der Waals surface area contributed by atoms with Gasteiger partial charge in [-0.3, -0.25) is 4.79 Å². The first-order valence-electron chi connectivity index (χ1n) is 4.80. The fraction of sp³-hybridized carbons (Fsp3) is 0.250. The number of carbonyl (C=O) groups is 1. The van der Waals surface area contributed by atoms with Crippen molar-refractivity contribution in [3.8, 4) is 0 Å². The molecule has 0 bridgehead atoms. The Morgan fingerprint density at radius 3 is 2.27 bits per heavy atom. The van der Waals surface area contributed by atoms with E-state index in [1.807, 2.05) is 12.1 Å². The van der Waals surface area contributed by atoms with E-state index in [0.29, 0.717) is 11.6 Å². The molecule has 0 heterocycles. The van der Waals surface area contributed by atoms with E-state index in [1.165, 1.54) is 5.56 Å². The van der Waals surface area contributed by atoms with Crippen LogP contribution in [-0.2, 0) is 4.79 Å². The number of hydrogen-bond donors (Lipinski definition) is 2. The highest BCUT2D eigenvalue weighted by atomic mass is 16.3. The van der Waals surface area contributed by atoms with E-state index in [2.05, 4.69) is 25.7 Å². The maximum Gasteiger partial charge on any atom is 0.289 e. The van der Waals surface area contributed by atoms with E-state index >= 15 is 0 Å². The quantitative estimate of drug-likeness (QED) is 0.589. The topological polar surface area (TPSA) is 49.3 Å². The van der Waals surface area contributed by atoms with Gasteiger partial charge >= 0.3 is 0 Å². The zero-order chi connectivity index (χ0) is 11.4. The molecule has 15 heavy (non-hydrogen) atoms. The lowest BCUT2D eigenvalue weighted by molar-refractivity contribution is -0.115. The molecule has 0 aromatic heterocycles. The van der Waals surface area contributed by atoms with Crippen molar-refractivity contribution in [1.29, 1.82) is 0 Å². The van der Waals surface area contributed by atoms with Crippen LogP contribution in [0.4, 0.5) is 5.69 Å². The molecule has 0 spiro atoms. The van der Waals surface area contributed by atoms with Gasteiger partial charge in [-0.1, -0.05) is 32.6 Å².